The van der Waals surface area contributed by atoms with Crippen LogP contribution in [0.3, 0.4) is 0 Å². The number of anilines is 2. The number of piperazine rings is 1. The number of carbonyl (C=O) groups is 1. The molecule has 9 heteroatoms. The predicted octanol–water partition coefficient (Wildman–Crippen LogP) is 2.68. The van der Waals surface area contributed by atoms with Crippen LogP contribution >= 0.6 is 0 Å². The van der Waals surface area contributed by atoms with E-state index in [1.807, 2.05) is 6.07 Å². The molecule has 4 rings (SSSR count). The van der Waals surface area contributed by atoms with Gasteiger partial charge in [0, 0.05) is 43.5 Å². The number of nitrogen functional groups attached to an aromatic ring is 1. The number of benzene rings is 1. The fraction of sp³-hybridized carbons (Fsp3) is 0.455. The third-order valence-electron chi connectivity index (χ3n) is 5.65. The van der Waals surface area contributed by atoms with Gasteiger partial charge < -0.3 is 25.0 Å². The number of hydrogen-bond donors (Lipinski definition) is 2. The molecule has 2 heterocycles. The van der Waals surface area contributed by atoms with Gasteiger partial charge in [-0.25, -0.2) is 14.8 Å². The van der Waals surface area contributed by atoms with Gasteiger partial charge in [-0.3, -0.25) is 5.41 Å². The van der Waals surface area contributed by atoms with Crippen LogP contribution in [0.2, 0.25) is 0 Å². The first-order valence-electron chi connectivity index (χ1n) is 10.5. The van der Waals surface area contributed by atoms with Gasteiger partial charge in [-0.2, -0.15) is 0 Å². The average Bonchev–Trinajstić information content (AvgIpc) is 3.51. The van der Waals surface area contributed by atoms with E-state index in [1.54, 1.807) is 30.0 Å². The van der Waals surface area contributed by atoms with Crippen LogP contribution in [-0.2, 0) is 4.74 Å². The lowest BCUT2D eigenvalue weighted by Crippen LogP contribution is -2.49. The summed E-state index contributed by atoms with van der Waals surface area (Å²) in [5.41, 5.74) is 7.84. The molecule has 1 aromatic heterocycles. The molecule has 0 radical (unpaired) electrons. The summed E-state index contributed by atoms with van der Waals surface area (Å²) in [5.74, 6) is 1.42. The van der Waals surface area contributed by atoms with E-state index < -0.39 is 0 Å². The van der Waals surface area contributed by atoms with Crippen LogP contribution < -0.4 is 15.4 Å². The summed E-state index contributed by atoms with van der Waals surface area (Å²) in [6.07, 6.45) is 3.23. The number of nitrogens with zero attached hydrogens (tertiary/aromatic N) is 4. The maximum absolute atomic E-state index is 11.9. The van der Waals surface area contributed by atoms with Crippen molar-refractivity contribution in [1.82, 2.24) is 14.9 Å². The second kappa shape index (κ2) is 8.41. The molecular weight excluding hydrogens is 396 g/mol. The minimum Gasteiger partial charge on any atom is -0.488 e. The Morgan fingerprint density at radius 3 is 2.61 bits per heavy atom. The third-order valence-corrected chi connectivity index (χ3v) is 5.65. The van der Waals surface area contributed by atoms with Crippen molar-refractivity contribution in [3.8, 4) is 5.75 Å². The summed E-state index contributed by atoms with van der Waals surface area (Å²) in [5, 5.41) is 8.69. The first kappa shape index (κ1) is 20.9. The van der Waals surface area contributed by atoms with Gasteiger partial charge in [0.15, 0.2) is 0 Å². The number of nitrogens with two attached hydrogens (primary N) is 1. The normalized spacial score (nSPS) is 17.2. The monoisotopic (exact) mass is 424 g/mol. The molecule has 1 aliphatic carbocycles. The van der Waals surface area contributed by atoms with Crippen molar-refractivity contribution in [1.29, 1.82) is 5.41 Å². The summed E-state index contributed by atoms with van der Waals surface area (Å²) in [6.45, 7) is 6.62. The Labute approximate surface area is 181 Å². The number of amides is 1. The first-order chi connectivity index (χ1) is 14.9. The molecule has 0 bridgehead atoms. The summed E-state index contributed by atoms with van der Waals surface area (Å²) < 4.78 is 11.1. The maximum atomic E-state index is 11.9. The molecule has 0 atom stereocenters. The van der Waals surface area contributed by atoms with Crippen molar-refractivity contribution in [2.24, 2.45) is 0 Å². The van der Waals surface area contributed by atoms with E-state index in [0.29, 0.717) is 55.5 Å². The standard InChI is InChI=1S/C22H28N6O3/c1-3-30-21(29)28-10-8-27(9-11-28)19-13-18(25-14-26-19)20(24)16-12-15(4-5-17(16)23)31-22(2)6-7-22/h4-5,12-14,24H,3,6-11,23H2,1-2H3. The Bertz CT molecular complexity index is 983. The van der Waals surface area contributed by atoms with Crippen LogP contribution in [0.1, 0.15) is 37.9 Å². The van der Waals surface area contributed by atoms with E-state index >= 15 is 0 Å². The van der Waals surface area contributed by atoms with Crippen LogP contribution in [0.15, 0.2) is 30.6 Å². The van der Waals surface area contributed by atoms with E-state index in [9.17, 15) is 4.79 Å². The minimum atomic E-state index is -0.287. The summed E-state index contributed by atoms with van der Waals surface area (Å²) in [7, 11) is 0. The molecule has 1 saturated heterocycles. The molecule has 2 fully saturated rings. The number of nitrogens with one attached hydrogen (secondary N) is 1. The van der Waals surface area contributed by atoms with Crippen LogP contribution in [0, 0.1) is 5.41 Å². The topological polar surface area (TPSA) is 118 Å². The second-order valence-corrected chi connectivity index (χ2v) is 8.11. The Morgan fingerprint density at radius 2 is 1.94 bits per heavy atom. The van der Waals surface area contributed by atoms with Crippen molar-refractivity contribution < 1.29 is 14.3 Å². The summed E-state index contributed by atoms with van der Waals surface area (Å²) in [4.78, 5) is 24.3. The number of ether oxygens (including phenoxy) is 2. The molecule has 0 unspecified atom stereocenters. The lowest BCUT2D eigenvalue weighted by molar-refractivity contribution is 0.105. The molecule has 1 amide bonds. The molecule has 2 aliphatic rings. The van der Waals surface area contributed by atoms with Crippen molar-refractivity contribution in [2.45, 2.75) is 32.3 Å². The molecular formula is C22H28N6O3. The van der Waals surface area contributed by atoms with E-state index in [4.69, 9.17) is 20.6 Å². The van der Waals surface area contributed by atoms with Crippen molar-refractivity contribution in [2.75, 3.05) is 43.4 Å². The SMILES string of the molecule is CCOC(=O)N1CCN(c2cc(C(=N)c3cc(OC4(C)CC4)ccc3N)ncn2)CC1. The van der Waals surface area contributed by atoms with Crippen LogP contribution in [0.25, 0.3) is 0 Å². The van der Waals surface area contributed by atoms with Gasteiger partial charge in [0.1, 0.15) is 23.5 Å². The molecule has 1 aliphatic heterocycles. The van der Waals surface area contributed by atoms with E-state index in [2.05, 4.69) is 21.8 Å². The smallest absolute Gasteiger partial charge is 0.409 e. The number of carbonyl (C=O) groups excluding carboxylic acids is 1. The van der Waals surface area contributed by atoms with Gasteiger partial charge in [0.05, 0.1) is 18.0 Å². The zero-order chi connectivity index (χ0) is 22.0. The van der Waals surface area contributed by atoms with Gasteiger partial charge >= 0.3 is 6.09 Å². The van der Waals surface area contributed by atoms with Crippen molar-refractivity contribution in [3.05, 3.63) is 41.9 Å². The highest BCUT2D eigenvalue weighted by atomic mass is 16.6. The Balaban J connectivity index is 1.48. The van der Waals surface area contributed by atoms with E-state index in [1.165, 1.54) is 6.33 Å². The highest BCUT2D eigenvalue weighted by Gasteiger charge is 2.40. The van der Waals surface area contributed by atoms with Gasteiger partial charge in [-0.15, -0.1) is 0 Å². The first-order valence-corrected chi connectivity index (χ1v) is 10.5. The lowest BCUT2D eigenvalue weighted by Gasteiger charge is -2.34. The third kappa shape index (κ3) is 4.70. The van der Waals surface area contributed by atoms with Gasteiger partial charge in [0.2, 0.25) is 0 Å². The summed E-state index contributed by atoms with van der Waals surface area (Å²) in [6, 6.07) is 7.20. The molecule has 1 saturated carbocycles. The quantitative estimate of drug-likeness (QED) is 0.541. The fourth-order valence-corrected chi connectivity index (χ4v) is 3.51. The van der Waals surface area contributed by atoms with Gasteiger partial charge in [-0.1, -0.05) is 0 Å². The van der Waals surface area contributed by atoms with Crippen LogP contribution in [0.4, 0.5) is 16.3 Å². The molecule has 164 valence electrons. The van der Waals surface area contributed by atoms with E-state index in [0.717, 1.165) is 18.7 Å². The molecule has 2 aromatic rings. The number of aromatic nitrogens is 2. The highest BCUT2D eigenvalue weighted by Crippen LogP contribution is 2.40. The molecule has 9 nitrogen and oxygen atoms in total. The number of hydrogen-bond acceptors (Lipinski definition) is 8. The highest BCUT2D eigenvalue weighted by molar-refractivity contribution is 6.13. The van der Waals surface area contributed by atoms with Gasteiger partial charge in [-0.05, 0) is 44.9 Å². The van der Waals surface area contributed by atoms with Crippen molar-refractivity contribution >= 4 is 23.3 Å². The van der Waals surface area contributed by atoms with Crippen LogP contribution in [0.5, 0.6) is 5.75 Å². The molecule has 0 spiro atoms. The zero-order valence-electron chi connectivity index (χ0n) is 17.9. The minimum absolute atomic E-state index is 0.108. The van der Waals surface area contributed by atoms with Gasteiger partial charge in [0.25, 0.3) is 0 Å². The van der Waals surface area contributed by atoms with Crippen molar-refractivity contribution in [3.63, 3.8) is 0 Å². The largest absolute Gasteiger partial charge is 0.488 e. The zero-order valence-corrected chi connectivity index (χ0v) is 17.9. The Hall–Kier alpha value is -3.36. The molecule has 31 heavy (non-hydrogen) atoms. The molecule has 3 N–H and O–H groups in total. The number of rotatable bonds is 6. The molecule has 1 aromatic carbocycles. The average molecular weight is 425 g/mol. The van der Waals surface area contributed by atoms with E-state index in [-0.39, 0.29) is 17.4 Å². The second-order valence-electron chi connectivity index (χ2n) is 8.11. The summed E-state index contributed by atoms with van der Waals surface area (Å²) >= 11 is 0. The Morgan fingerprint density at radius 1 is 1.19 bits per heavy atom. The maximum Gasteiger partial charge on any atom is 0.409 e. The van der Waals surface area contributed by atoms with Crippen LogP contribution in [-0.4, -0.2) is 65.1 Å². The Kier molecular flexibility index (Phi) is 5.67. The predicted molar refractivity (Wildman–Crippen MR) is 118 cm³/mol. The fourth-order valence-electron chi connectivity index (χ4n) is 3.51. The lowest BCUT2D eigenvalue weighted by atomic mass is 10.0.